The molecule has 0 amide bonds. The van der Waals surface area contributed by atoms with E-state index >= 15 is 0 Å². The fourth-order valence-electron chi connectivity index (χ4n) is 3.03. The van der Waals surface area contributed by atoms with Gasteiger partial charge in [0.1, 0.15) is 11.7 Å². The molecule has 1 aromatic carbocycles. The van der Waals surface area contributed by atoms with Gasteiger partial charge in [-0.05, 0) is 36.3 Å². The molecule has 0 aliphatic carbocycles. The Hall–Kier alpha value is -1.58. The van der Waals surface area contributed by atoms with Crippen LogP contribution in [-0.4, -0.2) is 18.9 Å². The fourth-order valence-corrected chi connectivity index (χ4v) is 3.03. The minimum Gasteiger partial charge on any atom is -0.384 e. The lowest BCUT2D eigenvalue weighted by molar-refractivity contribution is 0.199. The summed E-state index contributed by atoms with van der Waals surface area (Å²) in [5.74, 6) is 0.0806. The molecule has 0 saturated carbocycles. The topological polar surface area (TPSA) is 53.1 Å². The van der Waals surface area contributed by atoms with Gasteiger partial charge in [-0.2, -0.15) is 0 Å². The Morgan fingerprint density at radius 3 is 2.40 bits per heavy atom. The van der Waals surface area contributed by atoms with Gasteiger partial charge in [-0.3, -0.25) is 5.41 Å². The van der Waals surface area contributed by atoms with Gasteiger partial charge in [-0.15, -0.1) is 0 Å². The lowest BCUT2D eigenvalue weighted by Crippen LogP contribution is -2.39. The number of nitrogens with one attached hydrogen (secondary N) is 1. The normalized spacial score (nSPS) is 17.3. The van der Waals surface area contributed by atoms with Crippen molar-refractivity contribution in [2.75, 3.05) is 18.0 Å². The zero-order valence-corrected chi connectivity index (χ0v) is 12.5. The number of anilines is 1. The first kappa shape index (κ1) is 14.8. The minimum absolute atomic E-state index is 0.198. The maximum Gasteiger partial charge on any atom is 0.136 e. The number of hydrogen-bond acceptors (Lipinski definition) is 2. The summed E-state index contributed by atoms with van der Waals surface area (Å²) in [7, 11) is 0. The van der Waals surface area contributed by atoms with Crippen LogP contribution >= 0.6 is 0 Å². The van der Waals surface area contributed by atoms with Crippen LogP contribution in [0.4, 0.5) is 10.1 Å². The summed E-state index contributed by atoms with van der Waals surface area (Å²) in [6.07, 6.45) is 2.19. The molecule has 0 radical (unpaired) electrons. The number of nitrogen functional groups attached to an aromatic ring is 1. The van der Waals surface area contributed by atoms with Gasteiger partial charge < -0.3 is 10.6 Å². The molecule has 110 valence electrons. The van der Waals surface area contributed by atoms with Gasteiger partial charge >= 0.3 is 0 Å². The highest BCUT2D eigenvalue weighted by Gasteiger charge is 2.29. The molecule has 4 heteroatoms. The SMILES string of the molecule is CC(C)(C)C1CCN(c2cccc(F)c2C(=N)N)CC1. The van der Waals surface area contributed by atoms with Gasteiger partial charge in [0.15, 0.2) is 0 Å². The molecule has 3 N–H and O–H groups in total. The second kappa shape index (κ2) is 5.43. The molecule has 2 rings (SSSR count). The highest BCUT2D eigenvalue weighted by atomic mass is 19.1. The van der Waals surface area contributed by atoms with Crippen LogP contribution in [0.1, 0.15) is 39.2 Å². The summed E-state index contributed by atoms with van der Waals surface area (Å²) >= 11 is 0. The van der Waals surface area contributed by atoms with E-state index in [1.165, 1.54) is 6.07 Å². The summed E-state index contributed by atoms with van der Waals surface area (Å²) in [5.41, 5.74) is 6.84. The van der Waals surface area contributed by atoms with Gasteiger partial charge in [-0.25, -0.2) is 4.39 Å². The van der Waals surface area contributed by atoms with Crippen LogP contribution in [-0.2, 0) is 0 Å². The Morgan fingerprint density at radius 1 is 1.30 bits per heavy atom. The van der Waals surface area contributed by atoms with Gasteiger partial charge in [0.25, 0.3) is 0 Å². The van der Waals surface area contributed by atoms with Crippen LogP contribution in [0.5, 0.6) is 0 Å². The summed E-state index contributed by atoms with van der Waals surface area (Å²) in [5, 5.41) is 7.59. The first-order valence-electron chi connectivity index (χ1n) is 7.18. The molecule has 0 bridgehead atoms. The Morgan fingerprint density at radius 2 is 1.90 bits per heavy atom. The van der Waals surface area contributed by atoms with Crippen LogP contribution in [0.25, 0.3) is 0 Å². The molecule has 20 heavy (non-hydrogen) atoms. The van der Waals surface area contributed by atoms with Gasteiger partial charge in [0.05, 0.1) is 11.3 Å². The van der Waals surface area contributed by atoms with E-state index in [1.54, 1.807) is 6.07 Å². The second-order valence-electron chi connectivity index (χ2n) is 6.67. The Labute approximate surface area is 120 Å². The summed E-state index contributed by atoms with van der Waals surface area (Å²) in [6, 6.07) is 4.91. The first-order chi connectivity index (χ1) is 9.30. The minimum atomic E-state index is -0.409. The van der Waals surface area contributed by atoms with Gasteiger partial charge in [0, 0.05) is 13.1 Å². The van der Waals surface area contributed by atoms with Crippen molar-refractivity contribution in [2.24, 2.45) is 17.1 Å². The largest absolute Gasteiger partial charge is 0.384 e. The first-order valence-corrected chi connectivity index (χ1v) is 7.18. The predicted octanol–water partition coefficient (Wildman–Crippen LogP) is 3.37. The number of hydrogen-bond donors (Lipinski definition) is 2. The molecular formula is C16H24FN3. The smallest absolute Gasteiger partial charge is 0.136 e. The summed E-state index contributed by atoms with van der Waals surface area (Å²) in [4.78, 5) is 2.15. The quantitative estimate of drug-likeness (QED) is 0.643. The molecule has 1 heterocycles. The summed E-state index contributed by atoms with van der Waals surface area (Å²) in [6.45, 7) is 8.61. The van der Waals surface area contributed by atoms with E-state index in [0.29, 0.717) is 11.3 Å². The third-order valence-electron chi connectivity index (χ3n) is 4.32. The lowest BCUT2D eigenvalue weighted by atomic mass is 9.75. The second-order valence-corrected chi connectivity index (χ2v) is 6.67. The van der Waals surface area contributed by atoms with Crippen molar-refractivity contribution in [1.29, 1.82) is 5.41 Å². The van der Waals surface area contributed by atoms with Crippen LogP contribution in [0.2, 0.25) is 0 Å². The highest BCUT2D eigenvalue weighted by molar-refractivity contribution is 6.00. The van der Waals surface area contributed by atoms with E-state index in [2.05, 4.69) is 25.7 Å². The van der Waals surface area contributed by atoms with E-state index in [0.717, 1.165) is 31.6 Å². The molecule has 0 atom stereocenters. The maximum atomic E-state index is 13.9. The van der Waals surface area contributed by atoms with Crippen molar-refractivity contribution in [3.8, 4) is 0 Å². The van der Waals surface area contributed by atoms with Crippen LogP contribution < -0.4 is 10.6 Å². The molecule has 3 nitrogen and oxygen atoms in total. The molecule has 1 aliphatic rings. The van der Waals surface area contributed by atoms with Crippen LogP contribution in [0, 0.1) is 22.6 Å². The van der Waals surface area contributed by atoms with Crippen molar-refractivity contribution >= 4 is 11.5 Å². The summed E-state index contributed by atoms with van der Waals surface area (Å²) < 4.78 is 13.9. The Bertz CT molecular complexity index is 497. The van der Waals surface area contributed by atoms with Gasteiger partial charge in [-0.1, -0.05) is 26.8 Å². The molecule has 0 unspecified atom stereocenters. The van der Waals surface area contributed by atoms with E-state index in [1.807, 2.05) is 6.07 Å². The highest BCUT2D eigenvalue weighted by Crippen LogP contribution is 2.36. The fraction of sp³-hybridized carbons (Fsp3) is 0.562. The van der Waals surface area contributed by atoms with E-state index in [9.17, 15) is 4.39 Å². The molecule has 1 aliphatic heterocycles. The Balaban J connectivity index is 2.19. The van der Waals surface area contributed by atoms with E-state index < -0.39 is 5.82 Å². The molecule has 1 fully saturated rings. The number of piperidine rings is 1. The zero-order chi connectivity index (χ0) is 14.9. The molecule has 1 aromatic rings. The molecule has 1 saturated heterocycles. The standard InChI is InChI=1S/C16H24FN3/c1-16(2,3)11-7-9-20(10-8-11)13-6-4-5-12(17)14(13)15(18)19/h4-6,11H,7-10H2,1-3H3,(H3,18,19). The van der Waals surface area contributed by atoms with Crippen LogP contribution in [0.15, 0.2) is 18.2 Å². The molecule has 0 spiro atoms. The number of rotatable bonds is 2. The number of benzene rings is 1. The van der Waals surface area contributed by atoms with E-state index in [-0.39, 0.29) is 11.4 Å². The van der Waals surface area contributed by atoms with Crippen molar-refractivity contribution in [1.82, 2.24) is 0 Å². The number of nitrogens with two attached hydrogens (primary N) is 1. The lowest BCUT2D eigenvalue weighted by Gasteiger charge is -2.40. The number of halogens is 1. The van der Waals surface area contributed by atoms with Crippen molar-refractivity contribution in [3.05, 3.63) is 29.6 Å². The number of amidine groups is 1. The van der Waals surface area contributed by atoms with Crippen molar-refractivity contribution in [3.63, 3.8) is 0 Å². The van der Waals surface area contributed by atoms with Gasteiger partial charge in [0.2, 0.25) is 0 Å². The predicted molar refractivity (Wildman–Crippen MR) is 81.8 cm³/mol. The maximum absolute atomic E-state index is 13.9. The average Bonchev–Trinajstić information content (AvgIpc) is 2.37. The third-order valence-corrected chi connectivity index (χ3v) is 4.32. The molecular weight excluding hydrogens is 253 g/mol. The van der Waals surface area contributed by atoms with Crippen LogP contribution in [0.3, 0.4) is 0 Å². The van der Waals surface area contributed by atoms with E-state index in [4.69, 9.17) is 11.1 Å². The monoisotopic (exact) mass is 277 g/mol. The molecule has 0 aromatic heterocycles. The van der Waals surface area contributed by atoms with Crippen molar-refractivity contribution < 1.29 is 4.39 Å². The number of nitrogens with zero attached hydrogens (tertiary/aromatic N) is 1. The Kier molecular flexibility index (Phi) is 4.02. The van der Waals surface area contributed by atoms with Crippen molar-refractivity contribution in [2.45, 2.75) is 33.6 Å². The third kappa shape index (κ3) is 2.94. The average molecular weight is 277 g/mol. The zero-order valence-electron chi connectivity index (χ0n) is 12.5.